The van der Waals surface area contributed by atoms with Crippen LogP contribution in [0.4, 0.5) is 4.39 Å². The third-order valence-electron chi connectivity index (χ3n) is 9.31. The van der Waals surface area contributed by atoms with Crippen molar-refractivity contribution in [2.75, 3.05) is 33.7 Å². The third kappa shape index (κ3) is 7.70. The first-order valence-electron chi connectivity index (χ1n) is 17.0. The molecule has 0 saturated carbocycles. The highest BCUT2D eigenvalue weighted by Crippen LogP contribution is 2.36. The molecule has 0 aliphatic carbocycles. The molecule has 6 nitrogen and oxygen atoms in total. The van der Waals surface area contributed by atoms with Gasteiger partial charge in [-0.2, -0.15) is 5.10 Å². The van der Waals surface area contributed by atoms with Crippen molar-refractivity contribution in [2.24, 2.45) is 5.92 Å². The summed E-state index contributed by atoms with van der Waals surface area (Å²) in [7, 11) is 4.13. The fraction of sp³-hybridized carbons (Fsp3) is 0.293. The van der Waals surface area contributed by atoms with E-state index >= 15 is 0 Å². The molecule has 248 valence electrons. The molecule has 48 heavy (non-hydrogen) atoms. The average molecular weight is 643 g/mol. The molecule has 0 atom stereocenters. The molecule has 0 amide bonds. The van der Waals surface area contributed by atoms with E-state index in [1.165, 1.54) is 12.8 Å². The summed E-state index contributed by atoms with van der Waals surface area (Å²) in [4.78, 5) is 5.75. The summed E-state index contributed by atoms with van der Waals surface area (Å²) in [5.74, 6) is 0.450. The SMILES string of the molecule is C=C/C(=C\C(=C/C)c1ccc2[nH]nc(-c3cc4c(-c5cc(F)cc(CCCN(C)C)c5)cccc4[nH]3)c2c1)NC(=C)CC1CCNCC1. The van der Waals surface area contributed by atoms with Gasteiger partial charge in [0.15, 0.2) is 0 Å². The molecule has 7 heteroatoms. The molecule has 1 aliphatic rings. The normalized spacial score (nSPS) is 14.7. The largest absolute Gasteiger partial charge is 0.359 e. The van der Waals surface area contributed by atoms with E-state index in [9.17, 15) is 4.39 Å². The number of allylic oxidation sites excluding steroid dienone is 5. The van der Waals surface area contributed by atoms with E-state index in [0.717, 1.165) is 111 Å². The van der Waals surface area contributed by atoms with Gasteiger partial charge in [0.2, 0.25) is 0 Å². The van der Waals surface area contributed by atoms with Gasteiger partial charge in [-0.25, -0.2) is 4.39 Å². The lowest BCUT2D eigenvalue weighted by atomic mass is 9.93. The third-order valence-corrected chi connectivity index (χ3v) is 9.31. The predicted molar refractivity (Wildman–Crippen MR) is 200 cm³/mol. The van der Waals surface area contributed by atoms with Gasteiger partial charge >= 0.3 is 0 Å². The molecule has 3 aromatic carbocycles. The van der Waals surface area contributed by atoms with Crippen LogP contribution >= 0.6 is 0 Å². The van der Waals surface area contributed by atoms with Crippen LogP contribution in [0.15, 0.2) is 103 Å². The highest BCUT2D eigenvalue weighted by atomic mass is 19.1. The standard InChI is InChI=1S/C41H47FN6/c1-6-30(24-34(7-2)44-27(3)20-28-15-17-43-18-16-28)31-13-14-39-37(25-31)41(47-46-39)40-26-36-35(11-8-12-38(36)45-40)32-21-29(22-33(42)23-32)10-9-19-48(4)5/h6-8,11-14,21-26,28,43-45H,2-3,9-10,15-20H2,1,4-5H3,(H,46,47)/b30-6+,34-24+. The number of fused-ring (bicyclic) bond motifs is 2. The van der Waals surface area contributed by atoms with Gasteiger partial charge in [-0.15, -0.1) is 0 Å². The molecule has 5 aromatic rings. The molecule has 1 fully saturated rings. The van der Waals surface area contributed by atoms with Crippen LogP contribution in [0.2, 0.25) is 0 Å². The first-order valence-corrected chi connectivity index (χ1v) is 17.0. The van der Waals surface area contributed by atoms with Gasteiger partial charge in [-0.05, 0) is 155 Å². The van der Waals surface area contributed by atoms with Gasteiger partial charge in [0.05, 0.1) is 11.2 Å². The maximum Gasteiger partial charge on any atom is 0.124 e. The topological polar surface area (TPSA) is 71.8 Å². The minimum atomic E-state index is -0.208. The fourth-order valence-electron chi connectivity index (χ4n) is 6.82. The lowest BCUT2D eigenvalue weighted by Crippen LogP contribution is -2.28. The Balaban J connectivity index is 1.28. The Kier molecular flexibility index (Phi) is 10.4. The summed E-state index contributed by atoms with van der Waals surface area (Å²) in [5, 5.41) is 17.0. The Labute approximate surface area is 283 Å². The molecular weight excluding hydrogens is 595 g/mol. The molecule has 0 spiro atoms. The molecule has 2 aromatic heterocycles. The number of rotatable bonds is 13. The second-order valence-electron chi connectivity index (χ2n) is 13.2. The number of nitrogens with one attached hydrogen (secondary N) is 4. The molecule has 0 unspecified atom stereocenters. The van der Waals surface area contributed by atoms with Gasteiger partial charge in [-0.1, -0.05) is 43.5 Å². The number of H-pyrrole nitrogens is 2. The number of aromatic nitrogens is 3. The van der Waals surface area contributed by atoms with E-state index in [2.05, 4.69) is 114 Å². The summed E-state index contributed by atoms with van der Waals surface area (Å²) in [6.07, 6.45) is 11.2. The second-order valence-corrected chi connectivity index (χ2v) is 13.2. The summed E-state index contributed by atoms with van der Waals surface area (Å²) >= 11 is 0. The molecule has 0 radical (unpaired) electrons. The number of hydrogen-bond acceptors (Lipinski definition) is 4. The summed E-state index contributed by atoms with van der Waals surface area (Å²) in [6, 6.07) is 20.1. The lowest BCUT2D eigenvalue weighted by molar-refractivity contribution is 0.368. The highest BCUT2D eigenvalue weighted by Gasteiger charge is 2.17. The van der Waals surface area contributed by atoms with E-state index in [1.54, 1.807) is 12.1 Å². The Morgan fingerprint density at radius 2 is 1.88 bits per heavy atom. The molecule has 0 bridgehead atoms. The Morgan fingerprint density at radius 3 is 2.65 bits per heavy atom. The van der Waals surface area contributed by atoms with Crippen molar-refractivity contribution < 1.29 is 4.39 Å². The smallest absolute Gasteiger partial charge is 0.124 e. The van der Waals surface area contributed by atoms with Crippen molar-refractivity contribution in [1.29, 1.82) is 0 Å². The van der Waals surface area contributed by atoms with Crippen molar-refractivity contribution in [2.45, 2.75) is 39.0 Å². The average Bonchev–Trinajstić information content (AvgIpc) is 3.70. The summed E-state index contributed by atoms with van der Waals surface area (Å²) < 4.78 is 14.8. The van der Waals surface area contributed by atoms with E-state index < -0.39 is 0 Å². The molecule has 1 saturated heterocycles. The highest BCUT2D eigenvalue weighted by molar-refractivity contribution is 6.01. The van der Waals surface area contributed by atoms with Crippen LogP contribution in [-0.4, -0.2) is 53.8 Å². The molecule has 6 rings (SSSR count). The number of aromatic amines is 2. The molecular formula is C41H47FN6. The zero-order valence-corrected chi connectivity index (χ0v) is 28.4. The van der Waals surface area contributed by atoms with Gasteiger partial charge in [-0.3, -0.25) is 5.10 Å². The van der Waals surface area contributed by atoms with Crippen LogP contribution in [0.1, 0.15) is 43.7 Å². The summed E-state index contributed by atoms with van der Waals surface area (Å²) in [6.45, 7) is 13.6. The van der Waals surface area contributed by atoms with Crippen LogP contribution < -0.4 is 10.6 Å². The van der Waals surface area contributed by atoms with Crippen molar-refractivity contribution in [3.8, 4) is 22.5 Å². The zero-order chi connectivity index (χ0) is 33.6. The van der Waals surface area contributed by atoms with Crippen molar-refractivity contribution in [3.05, 3.63) is 120 Å². The number of halogens is 1. The summed E-state index contributed by atoms with van der Waals surface area (Å²) in [5.41, 5.74) is 10.7. The molecule has 1 aliphatic heterocycles. The maximum absolute atomic E-state index is 14.8. The number of hydrogen-bond donors (Lipinski definition) is 4. The van der Waals surface area contributed by atoms with Crippen LogP contribution in [0, 0.1) is 11.7 Å². The van der Waals surface area contributed by atoms with Crippen molar-refractivity contribution in [3.63, 3.8) is 0 Å². The Hall–Kier alpha value is -4.72. The van der Waals surface area contributed by atoms with Gasteiger partial charge in [0, 0.05) is 27.7 Å². The first-order chi connectivity index (χ1) is 23.3. The number of aryl methyl sites for hydroxylation is 1. The van der Waals surface area contributed by atoms with Crippen LogP contribution in [0.3, 0.4) is 0 Å². The maximum atomic E-state index is 14.8. The Morgan fingerprint density at radius 1 is 1.04 bits per heavy atom. The van der Waals surface area contributed by atoms with Gasteiger partial charge in [0.25, 0.3) is 0 Å². The van der Waals surface area contributed by atoms with E-state index in [0.29, 0.717) is 5.92 Å². The van der Waals surface area contributed by atoms with Crippen LogP contribution in [0.5, 0.6) is 0 Å². The van der Waals surface area contributed by atoms with E-state index in [-0.39, 0.29) is 5.82 Å². The van der Waals surface area contributed by atoms with Crippen LogP contribution in [0.25, 0.3) is 49.9 Å². The van der Waals surface area contributed by atoms with Gasteiger partial charge < -0.3 is 20.5 Å². The minimum Gasteiger partial charge on any atom is -0.359 e. The molecule has 3 heterocycles. The monoisotopic (exact) mass is 642 g/mol. The first kappa shape index (κ1) is 33.2. The quantitative estimate of drug-likeness (QED) is 0.0968. The number of nitrogens with zero attached hydrogens (tertiary/aromatic N) is 2. The molecule has 4 N–H and O–H groups in total. The van der Waals surface area contributed by atoms with Crippen molar-refractivity contribution in [1.82, 2.24) is 30.7 Å². The van der Waals surface area contributed by atoms with Crippen LogP contribution in [-0.2, 0) is 6.42 Å². The number of piperidine rings is 1. The van der Waals surface area contributed by atoms with Gasteiger partial charge in [0.1, 0.15) is 11.5 Å². The van der Waals surface area contributed by atoms with Crippen molar-refractivity contribution >= 4 is 27.4 Å². The zero-order valence-electron chi connectivity index (χ0n) is 28.4. The lowest BCUT2D eigenvalue weighted by Gasteiger charge is -2.24. The van der Waals surface area contributed by atoms with E-state index in [1.807, 2.05) is 12.1 Å². The Bertz CT molecular complexity index is 1980. The fourth-order valence-corrected chi connectivity index (χ4v) is 6.82. The predicted octanol–water partition coefficient (Wildman–Crippen LogP) is 8.98. The number of benzene rings is 3. The van der Waals surface area contributed by atoms with E-state index in [4.69, 9.17) is 5.10 Å². The minimum absolute atomic E-state index is 0.208. The second kappa shape index (κ2) is 15.0.